The second-order valence-corrected chi connectivity index (χ2v) is 5.03. The molecule has 4 heteroatoms. The highest BCUT2D eigenvalue weighted by Gasteiger charge is 2.21. The van der Waals surface area contributed by atoms with Gasteiger partial charge in [0.2, 0.25) is 0 Å². The Hall–Kier alpha value is -1.84. The zero-order chi connectivity index (χ0) is 12.5. The number of nitrogens with two attached hydrogens (primary N) is 1. The van der Waals surface area contributed by atoms with Gasteiger partial charge in [-0.05, 0) is 37.3 Å². The van der Waals surface area contributed by atoms with Gasteiger partial charge >= 0.3 is 0 Å². The van der Waals surface area contributed by atoms with Gasteiger partial charge < -0.3 is 5.73 Å². The highest BCUT2D eigenvalue weighted by molar-refractivity contribution is 5.34. The number of benzene rings is 1. The molecule has 0 saturated heterocycles. The molecule has 0 amide bonds. The van der Waals surface area contributed by atoms with Crippen LogP contribution in [0.1, 0.15) is 35.6 Å². The fourth-order valence-corrected chi connectivity index (χ4v) is 2.80. The van der Waals surface area contributed by atoms with Crippen molar-refractivity contribution in [2.24, 2.45) is 0 Å². The summed E-state index contributed by atoms with van der Waals surface area (Å²) in [5.41, 5.74) is 9.67. The minimum Gasteiger partial charge on any atom is -0.381 e. The lowest BCUT2D eigenvalue weighted by Gasteiger charge is -2.25. The Morgan fingerprint density at radius 2 is 2.22 bits per heavy atom. The molecular weight excluding hydrogens is 224 g/mol. The number of fused-ring (bicyclic) bond motifs is 1. The maximum absolute atomic E-state index is 5.75. The molecule has 1 atom stereocenters. The van der Waals surface area contributed by atoms with E-state index in [-0.39, 0.29) is 0 Å². The van der Waals surface area contributed by atoms with Crippen molar-refractivity contribution in [2.75, 3.05) is 5.73 Å². The van der Waals surface area contributed by atoms with Crippen LogP contribution in [0, 0.1) is 6.92 Å². The standard InChI is InChI=1S/C14H18N4/c1-10-14(15)16-17-18(10)9-12-7-4-6-11-5-2-3-8-13(11)12/h2-3,5,8,12H,4,6-7,9,15H2,1H3. The van der Waals surface area contributed by atoms with Crippen LogP contribution in [-0.2, 0) is 13.0 Å². The van der Waals surface area contributed by atoms with E-state index >= 15 is 0 Å². The zero-order valence-electron chi connectivity index (χ0n) is 10.6. The second-order valence-electron chi connectivity index (χ2n) is 5.03. The number of nitrogens with zero attached hydrogens (tertiary/aromatic N) is 3. The molecule has 94 valence electrons. The van der Waals surface area contributed by atoms with Crippen molar-refractivity contribution in [3.8, 4) is 0 Å². The molecule has 3 rings (SSSR count). The quantitative estimate of drug-likeness (QED) is 0.879. The zero-order valence-corrected chi connectivity index (χ0v) is 10.6. The van der Waals surface area contributed by atoms with Gasteiger partial charge in [-0.2, -0.15) is 0 Å². The van der Waals surface area contributed by atoms with Crippen molar-refractivity contribution in [1.82, 2.24) is 15.0 Å². The fraction of sp³-hybridized carbons (Fsp3) is 0.429. The lowest BCUT2D eigenvalue weighted by molar-refractivity contribution is 0.444. The summed E-state index contributed by atoms with van der Waals surface area (Å²) in [4.78, 5) is 0. The van der Waals surface area contributed by atoms with Crippen molar-refractivity contribution in [1.29, 1.82) is 0 Å². The van der Waals surface area contributed by atoms with E-state index in [1.54, 1.807) is 0 Å². The second kappa shape index (κ2) is 4.44. The molecule has 1 aromatic heterocycles. The van der Waals surface area contributed by atoms with Gasteiger partial charge in [0.15, 0.2) is 5.82 Å². The van der Waals surface area contributed by atoms with Gasteiger partial charge in [-0.15, -0.1) is 5.10 Å². The molecule has 2 aromatic rings. The lowest BCUT2D eigenvalue weighted by atomic mass is 9.83. The van der Waals surface area contributed by atoms with Gasteiger partial charge in [-0.3, -0.25) is 0 Å². The Kier molecular flexibility index (Phi) is 2.78. The van der Waals surface area contributed by atoms with E-state index < -0.39 is 0 Å². The molecule has 0 fully saturated rings. The molecule has 1 aliphatic rings. The average molecular weight is 242 g/mol. The number of aryl methyl sites for hydroxylation is 1. The van der Waals surface area contributed by atoms with Crippen molar-refractivity contribution < 1.29 is 0 Å². The summed E-state index contributed by atoms with van der Waals surface area (Å²) in [6.45, 7) is 2.86. The van der Waals surface area contributed by atoms with Gasteiger partial charge in [-0.25, -0.2) is 4.68 Å². The van der Waals surface area contributed by atoms with Crippen LogP contribution in [0.25, 0.3) is 0 Å². The van der Waals surface area contributed by atoms with E-state index in [1.807, 2.05) is 11.6 Å². The van der Waals surface area contributed by atoms with Crippen LogP contribution < -0.4 is 5.73 Å². The van der Waals surface area contributed by atoms with Crippen molar-refractivity contribution in [2.45, 2.75) is 38.6 Å². The number of nitrogen functional groups attached to an aromatic ring is 1. The molecule has 0 aliphatic heterocycles. The van der Waals surface area contributed by atoms with E-state index in [9.17, 15) is 0 Å². The maximum Gasteiger partial charge on any atom is 0.168 e. The van der Waals surface area contributed by atoms with Crippen molar-refractivity contribution >= 4 is 5.82 Å². The summed E-state index contributed by atoms with van der Waals surface area (Å²) in [6.07, 6.45) is 3.67. The normalized spacial score (nSPS) is 18.6. The number of aromatic nitrogens is 3. The average Bonchev–Trinajstić information content (AvgIpc) is 2.71. The van der Waals surface area contributed by atoms with Crippen LogP contribution in [0.2, 0.25) is 0 Å². The number of rotatable bonds is 2. The molecule has 4 nitrogen and oxygen atoms in total. The molecule has 2 N–H and O–H groups in total. The molecular formula is C14H18N4. The van der Waals surface area contributed by atoms with E-state index in [2.05, 4.69) is 34.6 Å². The Bertz CT molecular complexity index is 559. The molecule has 1 unspecified atom stereocenters. The summed E-state index contributed by atoms with van der Waals surface area (Å²) in [6, 6.07) is 8.73. The third kappa shape index (κ3) is 1.88. The molecule has 0 spiro atoms. The Balaban J connectivity index is 1.89. The number of anilines is 1. The highest BCUT2D eigenvalue weighted by Crippen LogP contribution is 2.32. The minimum atomic E-state index is 0.537. The monoisotopic (exact) mass is 242 g/mol. The first-order valence-corrected chi connectivity index (χ1v) is 6.49. The Labute approximate surface area is 107 Å². The maximum atomic E-state index is 5.75. The van der Waals surface area contributed by atoms with E-state index in [1.165, 1.54) is 30.4 Å². The summed E-state index contributed by atoms with van der Waals surface area (Å²) in [5.74, 6) is 1.08. The van der Waals surface area contributed by atoms with Gasteiger partial charge in [0, 0.05) is 12.5 Å². The molecule has 0 saturated carbocycles. The largest absolute Gasteiger partial charge is 0.381 e. The van der Waals surface area contributed by atoms with Crippen LogP contribution >= 0.6 is 0 Å². The van der Waals surface area contributed by atoms with Crippen LogP contribution in [0.5, 0.6) is 0 Å². The smallest absolute Gasteiger partial charge is 0.168 e. The summed E-state index contributed by atoms with van der Waals surface area (Å²) >= 11 is 0. The molecule has 1 heterocycles. The van der Waals surface area contributed by atoms with Gasteiger partial charge in [0.1, 0.15) is 0 Å². The third-order valence-electron chi connectivity index (χ3n) is 3.91. The topological polar surface area (TPSA) is 56.7 Å². The number of hydrogen-bond acceptors (Lipinski definition) is 3. The highest BCUT2D eigenvalue weighted by atomic mass is 15.4. The number of hydrogen-bond donors (Lipinski definition) is 1. The molecule has 0 bridgehead atoms. The van der Waals surface area contributed by atoms with Gasteiger partial charge in [-0.1, -0.05) is 29.5 Å². The molecule has 1 aromatic carbocycles. The van der Waals surface area contributed by atoms with Gasteiger partial charge in [0.25, 0.3) is 0 Å². The SMILES string of the molecule is Cc1c(N)nnn1CC1CCCc2ccccc21. The molecule has 0 radical (unpaired) electrons. The van der Waals surface area contributed by atoms with E-state index in [4.69, 9.17) is 5.73 Å². The van der Waals surface area contributed by atoms with Crippen LogP contribution in [-0.4, -0.2) is 15.0 Å². The lowest BCUT2D eigenvalue weighted by Crippen LogP contribution is -2.17. The van der Waals surface area contributed by atoms with Crippen molar-refractivity contribution in [3.63, 3.8) is 0 Å². The fourth-order valence-electron chi connectivity index (χ4n) is 2.80. The van der Waals surface area contributed by atoms with E-state index in [0.29, 0.717) is 11.7 Å². The molecule has 1 aliphatic carbocycles. The predicted octanol–water partition coefficient (Wildman–Crippen LogP) is 2.29. The Morgan fingerprint density at radius 1 is 1.39 bits per heavy atom. The van der Waals surface area contributed by atoms with E-state index in [0.717, 1.165) is 12.2 Å². The predicted molar refractivity (Wildman–Crippen MR) is 71.3 cm³/mol. The first kappa shape index (κ1) is 11.3. The summed E-state index contributed by atoms with van der Waals surface area (Å²) in [5, 5.41) is 8.05. The third-order valence-corrected chi connectivity index (χ3v) is 3.91. The Morgan fingerprint density at radius 3 is 3.00 bits per heavy atom. The van der Waals surface area contributed by atoms with Crippen molar-refractivity contribution in [3.05, 3.63) is 41.1 Å². The summed E-state index contributed by atoms with van der Waals surface area (Å²) in [7, 11) is 0. The first-order chi connectivity index (χ1) is 8.75. The molecule has 18 heavy (non-hydrogen) atoms. The first-order valence-electron chi connectivity index (χ1n) is 6.49. The van der Waals surface area contributed by atoms with Crippen LogP contribution in [0.3, 0.4) is 0 Å². The van der Waals surface area contributed by atoms with Crippen LogP contribution in [0.4, 0.5) is 5.82 Å². The van der Waals surface area contributed by atoms with Crippen LogP contribution in [0.15, 0.2) is 24.3 Å². The van der Waals surface area contributed by atoms with Gasteiger partial charge in [0.05, 0.1) is 5.69 Å². The summed E-state index contributed by atoms with van der Waals surface area (Å²) < 4.78 is 1.93. The minimum absolute atomic E-state index is 0.537.